The number of hydrogen-bond donors (Lipinski definition) is 1. The first-order chi connectivity index (χ1) is 8.63. The van der Waals surface area contributed by atoms with Crippen molar-refractivity contribution in [1.29, 1.82) is 0 Å². The Morgan fingerprint density at radius 3 is 3.06 bits per heavy atom. The molecule has 2 aromatic heterocycles. The van der Waals surface area contributed by atoms with Gasteiger partial charge in [-0.15, -0.1) is 0 Å². The highest BCUT2D eigenvalue weighted by molar-refractivity contribution is 7.71. The Bertz CT molecular complexity index is 648. The minimum Gasteiger partial charge on any atom is -0.273 e. The highest BCUT2D eigenvalue weighted by Gasteiger charge is 2.07. The lowest BCUT2D eigenvalue weighted by atomic mass is 10.2. The van der Waals surface area contributed by atoms with Gasteiger partial charge in [0.05, 0.1) is 0 Å². The molecule has 5 heteroatoms. The van der Waals surface area contributed by atoms with E-state index < -0.39 is 0 Å². The van der Waals surface area contributed by atoms with Crippen LogP contribution in [0.25, 0.3) is 11.0 Å². The van der Waals surface area contributed by atoms with Crippen LogP contribution in [-0.4, -0.2) is 15.6 Å². The van der Waals surface area contributed by atoms with E-state index in [1.807, 2.05) is 32.0 Å². The van der Waals surface area contributed by atoms with Gasteiger partial charge in [-0.2, -0.15) is 0 Å². The molecule has 1 amide bonds. The largest absolute Gasteiger partial charge is 0.273 e. The molecular weight excluding hydrogens is 246 g/mol. The Labute approximate surface area is 111 Å². The number of aromatic nitrogens is 2. The van der Waals surface area contributed by atoms with Crippen LogP contribution in [0.5, 0.6) is 0 Å². The van der Waals surface area contributed by atoms with Gasteiger partial charge in [0.2, 0.25) is 5.91 Å². The van der Waals surface area contributed by atoms with E-state index in [1.54, 1.807) is 10.9 Å². The molecule has 0 spiro atoms. The fourth-order valence-electron chi connectivity index (χ4n) is 1.79. The number of nitrogens with one attached hydrogen (secondary N) is 1. The zero-order valence-electron chi connectivity index (χ0n) is 10.4. The number of pyridine rings is 2. The lowest BCUT2D eigenvalue weighted by molar-refractivity contribution is -0.117. The minimum absolute atomic E-state index is 0.0499. The summed E-state index contributed by atoms with van der Waals surface area (Å²) in [5.74, 6) is -0.0499. The predicted octanol–water partition coefficient (Wildman–Crippen LogP) is 2.94. The summed E-state index contributed by atoms with van der Waals surface area (Å²) in [6.45, 7) is 3.89. The molecule has 0 atom stereocenters. The minimum atomic E-state index is -0.0499. The topological polar surface area (TPSA) is 46.9 Å². The number of hydrogen-bond acceptors (Lipinski definition) is 3. The Hall–Kier alpha value is -1.75. The van der Waals surface area contributed by atoms with Gasteiger partial charge in [-0.1, -0.05) is 19.1 Å². The molecule has 0 aliphatic heterocycles. The molecule has 0 unspecified atom stereocenters. The third-order valence-electron chi connectivity index (χ3n) is 2.65. The number of aryl methyl sites for hydroxylation is 1. The number of carbonyl (C=O) groups is 1. The number of amides is 1. The van der Waals surface area contributed by atoms with Crippen molar-refractivity contribution in [3.8, 4) is 0 Å². The SMILES string of the molecule is CCCC(=O)Nn1c(=S)c(C)cc2cccnc21. The van der Waals surface area contributed by atoms with Crippen LogP contribution in [0.1, 0.15) is 25.3 Å². The Morgan fingerprint density at radius 2 is 2.33 bits per heavy atom. The molecule has 0 aliphatic carbocycles. The van der Waals surface area contributed by atoms with Crippen molar-refractivity contribution in [3.63, 3.8) is 0 Å². The molecule has 0 fully saturated rings. The lowest BCUT2D eigenvalue weighted by Gasteiger charge is -2.13. The Kier molecular flexibility index (Phi) is 3.72. The van der Waals surface area contributed by atoms with Crippen LogP contribution in [0.2, 0.25) is 0 Å². The molecule has 0 radical (unpaired) electrons. The lowest BCUT2D eigenvalue weighted by Crippen LogP contribution is -2.24. The molecule has 18 heavy (non-hydrogen) atoms. The monoisotopic (exact) mass is 261 g/mol. The fourth-order valence-corrected chi connectivity index (χ4v) is 1.98. The van der Waals surface area contributed by atoms with Gasteiger partial charge in [0, 0.05) is 18.0 Å². The van der Waals surface area contributed by atoms with Crippen LogP contribution in [0.4, 0.5) is 0 Å². The van der Waals surface area contributed by atoms with E-state index in [1.165, 1.54) is 0 Å². The summed E-state index contributed by atoms with van der Waals surface area (Å²) in [6.07, 6.45) is 2.97. The van der Waals surface area contributed by atoms with Gasteiger partial charge in [-0.05, 0) is 37.1 Å². The summed E-state index contributed by atoms with van der Waals surface area (Å²) < 4.78 is 2.18. The third kappa shape index (κ3) is 2.41. The summed E-state index contributed by atoms with van der Waals surface area (Å²) >= 11 is 5.33. The number of fused-ring (bicyclic) bond motifs is 1. The van der Waals surface area contributed by atoms with Crippen molar-refractivity contribution in [2.24, 2.45) is 0 Å². The normalized spacial score (nSPS) is 10.6. The van der Waals surface area contributed by atoms with Gasteiger partial charge >= 0.3 is 0 Å². The van der Waals surface area contributed by atoms with E-state index in [2.05, 4.69) is 10.4 Å². The molecule has 0 aromatic carbocycles. The quantitative estimate of drug-likeness (QED) is 0.864. The summed E-state index contributed by atoms with van der Waals surface area (Å²) in [5, 5.41) is 0.959. The van der Waals surface area contributed by atoms with Crippen molar-refractivity contribution in [2.45, 2.75) is 26.7 Å². The standard InChI is InChI=1S/C13H15N3OS/c1-3-5-11(17)15-16-12-10(6-4-7-14-12)8-9(2)13(16)18/h4,6-8H,3,5H2,1-2H3,(H,15,17). The highest BCUT2D eigenvalue weighted by atomic mass is 32.1. The third-order valence-corrected chi connectivity index (χ3v) is 3.16. The average molecular weight is 261 g/mol. The summed E-state index contributed by atoms with van der Waals surface area (Å²) in [4.78, 5) is 16.0. The van der Waals surface area contributed by atoms with Crippen molar-refractivity contribution in [3.05, 3.63) is 34.6 Å². The first kappa shape index (κ1) is 12.7. The molecule has 0 bridgehead atoms. The van der Waals surface area contributed by atoms with E-state index in [0.717, 1.165) is 17.4 Å². The highest BCUT2D eigenvalue weighted by Crippen LogP contribution is 2.14. The second-order valence-corrected chi connectivity index (χ2v) is 4.56. The van der Waals surface area contributed by atoms with Gasteiger partial charge in [-0.25, -0.2) is 9.66 Å². The zero-order chi connectivity index (χ0) is 13.1. The first-order valence-corrected chi connectivity index (χ1v) is 6.31. The molecule has 0 saturated carbocycles. The van der Waals surface area contributed by atoms with Crippen molar-refractivity contribution < 1.29 is 4.79 Å². The van der Waals surface area contributed by atoms with Crippen LogP contribution in [0, 0.1) is 11.6 Å². The van der Waals surface area contributed by atoms with E-state index in [-0.39, 0.29) is 5.91 Å². The van der Waals surface area contributed by atoms with Gasteiger partial charge < -0.3 is 0 Å². The molecule has 2 aromatic rings. The molecule has 94 valence electrons. The maximum atomic E-state index is 11.7. The second-order valence-electron chi connectivity index (χ2n) is 4.17. The van der Waals surface area contributed by atoms with Crippen LogP contribution in [0.15, 0.2) is 24.4 Å². The molecule has 0 saturated heterocycles. The smallest absolute Gasteiger partial charge is 0.238 e. The van der Waals surface area contributed by atoms with Gasteiger partial charge in [0.15, 0.2) is 5.65 Å². The van der Waals surface area contributed by atoms with E-state index in [0.29, 0.717) is 16.7 Å². The molecule has 2 rings (SSSR count). The van der Waals surface area contributed by atoms with Crippen molar-refractivity contribution in [1.82, 2.24) is 9.66 Å². The zero-order valence-corrected chi connectivity index (χ0v) is 11.3. The van der Waals surface area contributed by atoms with Gasteiger partial charge in [0.25, 0.3) is 0 Å². The predicted molar refractivity (Wildman–Crippen MR) is 74.6 cm³/mol. The molecule has 1 N–H and O–H groups in total. The van der Waals surface area contributed by atoms with Crippen molar-refractivity contribution in [2.75, 3.05) is 5.43 Å². The Morgan fingerprint density at radius 1 is 1.56 bits per heavy atom. The summed E-state index contributed by atoms with van der Waals surface area (Å²) in [5.41, 5.74) is 4.43. The summed E-state index contributed by atoms with van der Waals surface area (Å²) in [6, 6.07) is 5.79. The van der Waals surface area contributed by atoms with Gasteiger partial charge in [-0.3, -0.25) is 10.2 Å². The number of rotatable bonds is 3. The van der Waals surface area contributed by atoms with Crippen molar-refractivity contribution >= 4 is 29.2 Å². The fraction of sp³-hybridized carbons (Fsp3) is 0.308. The maximum absolute atomic E-state index is 11.7. The van der Waals surface area contributed by atoms with Crippen LogP contribution >= 0.6 is 12.2 Å². The second kappa shape index (κ2) is 5.27. The van der Waals surface area contributed by atoms with Gasteiger partial charge in [0.1, 0.15) is 4.64 Å². The van der Waals surface area contributed by atoms with Crippen LogP contribution in [-0.2, 0) is 4.79 Å². The van der Waals surface area contributed by atoms with E-state index >= 15 is 0 Å². The van der Waals surface area contributed by atoms with E-state index in [4.69, 9.17) is 12.2 Å². The Balaban J connectivity index is 2.57. The molecule has 2 heterocycles. The number of nitrogens with zero attached hydrogens (tertiary/aromatic N) is 2. The van der Waals surface area contributed by atoms with Crippen LogP contribution < -0.4 is 5.43 Å². The summed E-state index contributed by atoms with van der Waals surface area (Å²) in [7, 11) is 0. The van der Waals surface area contributed by atoms with E-state index in [9.17, 15) is 4.79 Å². The number of carbonyl (C=O) groups excluding carboxylic acids is 1. The average Bonchev–Trinajstić information content (AvgIpc) is 2.35. The molecular formula is C13H15N3OS. The molecule has 0 aliphatic rings. The van der Waals surface area contributed by atoms with Crippen LogP contribution in [0.3, 0.4) is 0 Å². The first-order valence-electron chi connectivity index (χ1n) is 5.90. The maximum Gasteiger partial charge on any atom is 0.238 e. The molecule has 4 nitrogen and oxygen atoms in total.